The fraction of sp³-hybridized carbons (Fsp3) is 0.321. The number of urea groups is 1. The van der Waals surface area contributed by atoms with Crippen LogP contribution in [0, 0.1) is 24.4 Å². The van der Waals surface area contributed by atoms with Crippen LogP contribution in [-0.2, 0) is 11.8 Å². The van der Waals surface area contributed by atoms with E-state index in [1.165, 1.54) is 22.9 Å². The molecule has 1 saturated heterocycles. The number of hydrogen-bond acceptors (Lipinski definition) is 5. The maximum absolute atomic E-state index is 14.1. The van der Waals surface area contributed by atoms with E-state index in [9.17, 15) is 18.0 Å². The minimum atomic E-state index is -0.936. The maximum atomic E-state index is 14.1. The zero-order valence-corrected chi connectivity index (χ0v) is 22.4. The first-order chi connectivity index (χ1) is 19.2. The summed E-state index contributed by atoms with van der Waals surface area (Å²) in [6, 6.07) is 8.82. The Balaban J connectivity index is 1.43. The molecule has 1 aliphatic heterocycles. The molecular formula is C28H30F3N7O2. The number of nitrogens with one attached hydrogen (secondary N) is 2. The molecule has 2 N–H and O–H groups in total. The first-order valence-electron chi connectivity index (χ1n) is 12.8. The topological polar surface area (TPSA) is 89.2 Å². The number of hydrogen-bond donors (Lipinski definition) is 2. The summed E-state index contributed by atoms with van der Waals surface area (Å²) < 4.78 is 50.1. The highest BCUT2D eigenvalue weighted by molar-refractivity contribution is 5.91. The SMILES string of the molecule is COCCN1CC(NC(=O)Nc2c(C)c(-c3cnn(C)c3)nn2-c2cccc(F)c2)C(c2ccc(F)c(F)c2)C1. The molecule has 40 heavy (non-hydrogen) atoms. The summed E-state index contributed by atoms with van der Waals surface area (Å²) in [4.78, 5) is 15.5. The number of halogens is 3. The molecule has 0 aliphatic carbocycles. The Kier molecular flexibility index (Phi) is 7.90. The van der Waals surface area contributed by atoms with Crippen molar-refractivity contribution in [1.82, 2.24) is 29.8 Å². The van der Waals surface area contributed by atoms with E-state index in [1.807, 2.05) is 6.92 Å². The molecule has 9 nitrogen and oxygen atoms in total. The molecule has 2 aromatic heterocycles. The number of methoxy groups -OCH3 is 1. The third kappa shape index (κ3) is 5.73. The second-order valence-electron chi connectivity index (χ2n) is 9.85. The summed E-state index contributed by atoms with van der Waals surface area (Å²) >= 11 is 0. The lowest BCUT2D eigenvalue weighted by Gasteiger charge is -2.21. The monoisotopic (exact) mass is 553 g/mol. The van der Waals surface area contributed by atoms with E-state index in [0.717, 1.165) is 11.6 Å². The van der Waals surface area contributed by atoms with E-state index in [-0.39, 0.29) is 5.92 Å². The van der Waals surface area contributed by atoms with Gasteiger partial charge >= 0.3 is 6.03 Å². The zero-order chi connectivity index (χ0) is 28.4. The minimum absolute atomic E-state index is 0.280. The van der Waals surface area contributed by atoms with Gasteiger partial charge in [-0.2, -0.15) is 10.2 Å². The molecule has 0 spiro atoms. The molecule has 2 amide bonds. The molecule has 5 rings (SSSR count). The van der Waals surface area contributed by atoms with Gasteiger partial charge in [-0.3, -0.25) is 14.9 Å². The lowest BCUT2D eigenvalue weighted by molar-refractivity contribution is 0.159. The number of carbonyl (C=O) groups is 1. The molecule has 1 fully saturated rings. The Hall–Kier alpha value is -4.16. The Labute approximate surface area is 229 Å². The van der Waals surface area contributed by atoms with Gasteiger partial charge in [0.1, 0.15) is 17.3 Å². The van der Waals surface area contributed by atoms with Crippen LogP contribution in [0.25, 0.3) is 16.9 Å². The third-order valence-electron chi connectivity index (χ3n) is 7.08. The molecular weight excluding hydrogens is 523 g/mol. The number of ether oxygens (including phenoxy) is 1. The predicted octanol–water partition coefficient (Wildman–Crippen LogP) is 4.23. The molecule has 4 aromatic rings. The minimum Gasteiger partial charge on any atom is -0.383 e. The highest BCUT2D eigenvalue weighted by Crippen LogP contribution is 2.32. The van der Waals surface area contributed by atoms with E-state index in [2.05, 4.69) is 25.7 Å². The van der Waals surface area contributed by atoms with Crippen LogP contribution in [0.5, 0.6) is 0 Å². The van der Waals surface area contributed by atoms with E-state index in [4.69, 9.17) is 4.74 Å². The van der Waals surface area contributed by atoms with Gasteiger partial charge < -0.3 is 10.1 Å². The predicted molar refractivity (Wildman–Crippen MR) is 144 cm³/mol. The third-order valence-corrected chi connectivity index (χ3v) is 7.08. The molecule has 3 heterocycles. The molecule has 210 valence electrons. The summed E-state index contributed by atoms with van der Waals surface area (Å²) in [6.45, 7) is 3.95. The van der Waals surface area contributed by atoms with Gasteiger partial charge in [0, 0.05) is 57.0 Å². The second-order valence-corrected chi connectivity index (χ2v) is 9.85. The average molecular weight is 554 g/mol. The highest BCUT2D eigenvalue weighted by atomic mass is 19.2. The molecule has 0 radical (unpaired) electrons. The van der Waals surface area contributed by atoms with Crippen LogP contribution < -0.4 is 10.6 Å². The number of benzene rings is 2. The maximum Gasteiger partial charge on any atom is 0.320 e. The Morgan fingerprint density at radius 3 is 2.65 bits per heavy atom. The number of likely N-dealkylation sites (tertiary alicyclic amines) is 1. The first-order valence-corrected chi connectivity index (χ1v) is 12.8. The molecule has 2 atom stereocenters. The van der Waals surface area contributed by atoms with Crippen molar-refractivity contribution in [3.05, 3.63) is 83.4 Å². The van der Waals surface area contributed by atoms with Gasteiger partial charge in [-0.25, -0.2) is 22.6 Å². The largest absolute Gasteiger partial charge is 0.383 e. The van der Waals surface area contributed by atoms with E-state index in [0.29, 0.717) is 54.6 Å². The number of aromatic nitrogens is 4. The zero-order valence-electron chi connectivity index (χ0n) is 22.4. The van der Waals surface area contributed by atoms with Gasteiger partial charge in [-0.1, -0.05) is 12.1 Å². The van der Waals surface area contributed by atoms with Crippen LogP contribution in [0.2, 0.25) is 0 Å². The summed E-state index contributed by atoms with van der Waals surface area (Å²) in [6.07, 6.45) is 3.46. The number of rotatable bonds is 8. The van der Waals surface area contributed by atoms with Crippen molar-refractivity contribution in [3.8, 4) is 16.9 Å². The van der Waals surface area contributed by atoms with E-state index in [1.54, 1.807) is 49.4 Å². The fourth-order valence-electron chi connectivity index (χ4n) is 5.08. The summed E-state index contributed by atoms with van der Waals surface area (Å²) in [5.74, 6) is -2.22. The van der Waals surface area contributed by atoms with Crippen LogP contribution in [0.1, 0.15) is 17.0 Å². The highest BCUT2D eigenvalue weighted by Gasteiger charge is 2.35. The van der Waals surface area contributed by atoms with Gasteiger partial charge in [-0.15, -0.1) is 0 Å². The van der Waals surface area contributed by atoms with E-state index >= 15 is 0 Å². The molecule has 1 aliphatic rings. The van der Waals surface area contributed by atoms with Crippen molar-refractivity contribution < 1.29 is 22.7 Å². The van der Waals surface area contributed by atoms with Crippen molar-refractivity contribution in [3.63, 3.8) is 0 Å². The van der Waals surface area contributed by atoms with E-state index < -0.39 is 29.5 Å². The normalized spacial score (nSPS) is 17.4. The quantitative estimate of drug-likeness (QED) is 0.341. The second kappa shape index (κ2) is 11.5. The lowest BCUT2D eigenvalue weighted by atomic mass is 9.94. The fourth-order valence-corrected chi connectivity index (χ4v) is 5.08. The average Bonchev–Trinajstić information content (AvgIpc) is 3.62. The van der Waals surface area contributed by atoms with Crippen molar-refractivity contribution >= 4 is 11.8 Å². The number of carbonyl (C=O) groups excluding carboxylic acids is 1. The van der Waals surface area contributed by atoms with Crippen LogP contribution in [0.3, 0.4) is 0 Å². The van der Waals surface area contributed by atoms with Crippen LogP contribution >= 0.6 is 0 Å². The lowest BCUT2D eigenvalue weighted by Crippen LogP contribution is -2.42. The standard InChI is InChI=1S/C28H30F3N7O2/c1-17-26(19-13-32-36(2)14-19)35-38(21-6-4-5-20(29)12-21)27(17)34-28(39)33-25-16-37(9-10-40-3)15-22(25)18-7-8-23(30)24(31)11-18/h4-8,11-14,22,25H,9-10,15-16H2,1-3H3,(H2,33,34,39). The number of anilines is 1. The van der Waals surface area contributed by atoms with Gasteiger partial charge in [0.25, 0.3) is 0 Å². The summed E-state index contributed by atoms with van der Waals surface area (Å²) in [5.41, 5.74) is 3.00. The van der Waals surface area contributed by atoms with Crippen molar-refractivity contribution in [1.29, 1.82) is 0 Å². The first kappa shape index (κ1) is 27.4. The Bertz CT molecular complexity index is 1520. The van der Waals surface area contributed by atoms with Gasteiger partial charge in [-0.05, 0) is 42.8 Å². The molecule has 0 saturated carbocycles. The summed E-state index contributed by atoms with van der Waals surface area (Å²) in [7, 11) is 3.39. The van der Waals surface area contributed by atoms with Gasteiger partial charge in [0.2, 0.25) is 0 Å². The van der Waals surface area contributed by atoms with Gasteiger partial charge in [0.05, 0.1) is 24.5 Å². The smallest absolute Gasteiger partial charge is 0.320 e. The molecule has 2 aromatic carbocycles. The van der Waals surface area contributed by atoms with Crippen LogP contribution in [0.15, 0.2) is 54.9 Å². The molecule has 12 heteroatoms. The van der Waals surface area contributed by atoms with Gasteiger partial charge in [0.15, 0.2) is 11.6 Å². The van der Waals surface area contributed by atoms with Crippen molar-refractivity contribution in [2.24, 2.45) is 7.05 Å². The number of aryl methyl sites for hydroxylation is 1. The molecule has 2 unspecified atom stereocenters. The summed E-state index contributed by atoms with van der Waals surface area (Å²) in [5, 5.41) is 14.8. The Morgan fingerprint density at radius 2 is 1.95 bits per heavy atom. The number of nitrogens with zero attached hydrogens (tertiary/aromatic N) is 5. The van der Waals surface area contributed by atoms with Crippen LogP contribution in [-0.4, -0.2) is 69.9 Å². The molecule has 0 bridgehead atoms. The van der Waals surface area contributed by atoms with Crippen molar-refractivity contribution in [2.45, 2.75) is 18.9 Å². The number of amides is 2. The Morgan fingerprint density at radius 1 is 1.12 bits per heavy atom. The van der Waals surface area contributed by atoms with Crippen LogP contribution in [0.4, 0.5) is 23.8 Å². The van der Waals surface area contributed by atoms with Crippen molar-refractivity contribution in [2.75, 3.05) is 38.7 Å².